The van der Waals surface area contributed by atoms with Crippen molar-refractivity contribution >= 4 is 16.7 Å². The lowest BCUT2D eigenvalue weighted by molar-refractivity contribution is 0.0589. The highest BCUT2D eigenvalue weighted by atomic mass is 16.5. The van der Waals surface area contributed by atoms with Crippen LogP contribution < -0.4 is 0 Å². The van der Waals surface area contributed by atoms with Crippen molar-refractivity contribution in [2.24, 2.45) is 0 Å². The molecular formula is C24H30N4O2. The van der Waals surface area contributed by atoms with E-state index < -0.39 is 0 Å². The van der Waals surface area contributed by atoms with Crippen molar-refractivity contribution in [3.8, 4) is 11.4 Å². The van der Waals surface area contributed by atoms with E-state index in [0.29, 0.717) is 25.1 Å². The fourth-order valence-corrected chi connectivity index (χ4v) is 4.05. The lowest BCUT2D eigenvalue weighted by Gasteiger charge is -2.36. The molecule has 0 radical (unpaired) electrons. The Morgan fingerprint density at radius 3 is 2.53 bits per heavy atom. The first-order valence-electron chi connectivity index (χ1n) is 10.7. The van der Waals surface area contributed by atoms with Gasteiger partial charge in [-0.15, -0.1) is 0 Å². The van der Waals surface area contributed by atoms with Gasteiger partial charge in [-0.3, -0.25) is 9.69 Å². The number of benzene rings is 2. The van der Waals surface area contributed by atoms with Crippen LogP contribution >= 0.6 is 0 Å². The van der Waals surface area contributed by atoms with Gasteiger partial charge < -0.3 is 14.2 Å². The van der Waals surface area contributed by atoms with Gasteiger partial charge in [-0.1, -0.05) is 42.5 Å². The van der Waals surface area contributed by atoms with E-state index in [4.69, 9.17) is 9.72 Å². The second-order valence-electron chi connectivity index (χ2n) is 7.99. The topological polar surface area (TPSA) is 50.6 Å². The summed E-state index contributed by atoms with van der Waals surface area (Å²) >= 11 is 0. The summed E-state index contributed by atoms with van der Waals surface area (Å²) in [6.07, 6.45) is 1.84. The lowest BCUT2D eigenvalue weighted by atomic mass is 10.0. The molecule has 1 aromatic heterocycles. The molecule has 6 heteroatoms. The van der Waals surface area contributed by atoms with Crippen LogP contribution in [0.2, 0.25) is 0 Å². The quantitative estimate of drug-likeness (QED) is 0.624. The van der Waals surface area contributed by atoms with Crippen molar-refractivity contribution in [1.82, 2.24) is 19.4 Å². The van der Waals surface area contributed by atoms with Crippen LogP contribution in [-0.4, -0.2) is 64.1 Å². The molecule has 0 unspecified atom stereocenters. The molecule has 4 rings (SSSR count). The number of amides is 1. The second-order valence-corrected chi connectivity index (χ2v) is 7.99. The van der Waals surface area contributed by atoms with Gasteiger partial charge >= 0.3 is 0 Å². The van der Waals surface area contributed by atoms with Gasteiger partial charge in [0.2, 0.25) is 0 Å². The number of ether oxygens (including phenoxy) is 1. The van der Waals surface area contributed by atoms with Crippen LogP contribution in [0.1, 0.15) is 31.3 Å². The number of nitrogens with zero attached hydrogens (tertiary/aromatic N) is 4. The van der Waals surface area contributed by atoms with Crippen LogP contribution in [0.4, 0.5) is 0 Å². The molecule has 2 aromatic carbocycles. The van der Waals surface area contributed by atoms with Crippen molar-refractivity contribution in [3.63, 3.8) is 0 Å². The summed E-state index contributed by atoms with van der Waals surface area (Å²) in [7, 11) is 0. The lowest BCUT2D eigenvalue weighted by Crippen LogP contribution is -2.50. The predicted molar refractivity (Wildman–Crippen MR) is 119 cm³/mol. The molecule has 0 spiro atoms. The van der Waals surface area contributed by atoms with Crippen molar-refractivity contribution < 1.29 is 9.53 Å². The van der Waals surface area contributed by atoms with Gasteiger partial charge in [0.05, 0.1) is 0 Å². The summed E-state index contributed by atoms with van der Waals surface area (Å²) in [4.78, 5) is 22.3. The molecular weight excluding hydrogens is 376 g/mol. The normalized spacial score (nSPS) is 15.3. The summed E-state index contributed by atoms with van der Waals surface area (Å²) in [6.45, 7) is 10.6. The third-order valence-corrected chi connectivity index (χ3v) is 5.79. The average Bonchev–Trinajstić information content (AvgIpc) is 3.20. The molecule has 30 heavy (non-hydrogen) atoms. The first-order valence-corrected chi connectivity index (χ1v) is 10.7. The molecule has 0 aliphatic carbocycles. The molecule has 0 bridgehead atoms. The van der Waals surface area contributed by atoms with Crippen molar-refractivity contribution in [2.75, 3.05) is 32.8 Å². The number of imidazole rings is 1. The zero-order valence-corrected chi connectivity index (χ0v) is 18.0. The Morgan fingerprint density at radius 2 is 1.80 bits per heavy atom. The number of rotatable bonds is 6. The van der Waals surface area contributed by atoms with E-state index in [1.807, 2.05) is 40.8 Å². The van der Waals surface area contributed by atoms with E-state index in [9.17, 15) is 4.79 Å². The van der Waals surface area contributed by atoms with Crippen LogP contribution in [0.25, 0.3) is 22.2 Å². The molecule has 1 aliphatic rings. The van der Waals surface area contributed by atoms with E-state index in [1.54, 1.807) is 0 Å². The van der Waals surface area contributed by atoms with E-state index in [-0.39, 0.29) is 5.91 Å². The summed E-state index contributed by atoms with van der Waals surface area (Å²) in [5, 5.41) is 2.27. The van der Waals surface area contributed by atoms with E-state index in [0.717, 1.165) is 48.3 Å². The predicted octanol–water partition coefficient (Wildman–Crippen LogP) is 3.86. The van der Waals surface area contributed by atoms with Gasteiger partial charge in [0.25, 0.3) is 5.91 Å². The maximum absolute atomic E-state index is 13.2. The number of aromatic nitrogens is 2. The highest BCUT2D eigenvalue weighted by Crippen LogP contribution is 2.28. The minimum atomic E-state index is -0.00450. The molecule has 0 atom stereocenters. The summed E-state index contributed by atoms with van der Waals surface area (Å²) in [5.41, 5.74) is 1.49. The average molecular weight is 407 g/mol. The Hall–Kier alpha value is -2.70. The largest absolute Gasteiger partial charge is 0.361 e. The molecule has 1 saturated heterocycles. The first-order chi connectivity index (χ1) is 14.6. The van der Waals surface area contributed by atoms with Crippen LogP contribution in [0, 0.1) is 0 Å². The zero-order valence-electron chi connectivity index (χ0n) is 18.0. The molecule has 0 saturated carbocycles. The Morgan fingerprint density at radius 1 is 1.07 bits per heavy atom. The standard InChI is InChI=1S/C24H30N4O2/c1-4-30-17-28-16-22(24(29)27-14-12-26(13-15-27)18(2)3)25-23(28)21-11-7-9-19-8-5-6-10-20(19)21/h5-11,16,18H,4,12-15,17H2,1-3H3. The van der Waals surface area contributed by atoms with Gasteiger partial charge in [0, 0.05) is 50.6 Å². The number of hydrogen-bond donors (Lipinski definition) is 0. The Kier molecular flexibility index (Phi) is 6.16. The number of fused-ring (bicyclic) bond motifs is 1. The fraction of sp³-hybridized carbons (Fsp3) is 0.417. The van der Waals surface area contributed by atoms with Gasteiger partial charge in [-0.2, -0.15) is 0 Å². The second kappa shape index (κ2) is 8.98. The maximum atomic E-state index is 13.2. The minimum absolute atomic E-state index is 0.00450. The molecule has 3 aromatic rings. The fourth-order valence-electron chi connectivity index (χ4n) is 4.05. The summed E-state index contributed by atoms with van der Waals surface area (Å²) in [6, 6.07) is 14.9. The number of hydrogen-bond acceptors (Lipinski definition) is 4. The summed E-state index contributed by atoms with van der Waals surface area (Å²) in [5.74, 6) is 0.763. The molecule has 1 fully saturated rings. The number of carbonyl (C=O) groups excluding carboxylic acids is 1. The molecule has 1 amide bonds. The summed E-state index contributed by atoms with van der Waals surface area (Å²) < 4.78 is 7.61. The van der Waals surface area contributed by atoms with Crippen molar-refractivity contribution in [2.45, 2.75) is 33.5 Å². The molecule has 0 N–H and O–H groups in total. The van der Waals surface area contributed by atoms with Crippen LogP contribution in [0.3, 0.4) is 0 Å². The highest BCUT2D eigenvalue weighted by Gasteiger charge is 2.26. The SMILES string of the molecule is CCOCn1cc(C(=O)N2CCN(C(C)C)CC2)nc1-c1cccc2ccccc12. The van der Waals surface area contributed by atoms with E-state index >= 15 is 0 Å². The number of piperazine rings is 1. The van der Waals surface area contributed by atoms with Crippen LogP contribution in [0.5, 0.6) is 0 Å². The molecule has 6 nitrogen and oxygen atoms in total. The van der Waals surface area contributed by atoms with Crippen molar-refractivity contribution in [3.05, 3.63) is 54.4 Å². The van der Waals surface area contributed by atoms with Crippen molar-refractivity contribution in [1.29, 1.82) is 0 Å². The van der Waals surface area contributed by atoms with Gasteiger partial charge in [-0.25, -0.2) is 4.98 Å². The molecule has 1 aliphatic heterocycles. The third-order valence-electron chi connectivity index (χ3n) is 5.79. The zero-order chi connectivity index (χ0) is 21.1. The number of carbonyl (C=O) groups is 1. The monoisotopic (exact) mass is 406 g/mol. The Bertz CT molecular complexity index is 1010. The van der Waals surface area contributed by atoms with E-state index in [1.165, 1.54) is 0 Å². The highest BCUT2D eigenvalue weighted by molar-refractivity contribution is 5.97. The van der Waals surface area contributed by atoms with Gasteiger partial charge in [0.15, 0.2) is 0 Å². The first kappa shape index (κ1) is 20.6. The van der Waals surface area contributed by atoms with Gasteiger partial charge in [-0.05, 0) is 31.5 Å². The minimum Gasteiger partial charge on any atom is -0.361 e. The Labute approximate surface area is 178 Å². The van der Waals surface area contributed by atoms with Crippen LogP contribution in [0.15, 0.2) is 48.7 Å². The molecule has 158 valence electrons. The van der Waals surface area contributed by atoms with Gasteiger partial charge in [0.1, 0.15) is 18.2 Å². The van der Waals surface area contributed by atoms with E-state index in [2.05, 4.69) is 43.0 Å². The molecule has 2 heterocycles. The maximum Gasteiger partial charge on any atom is 0.274 e. The third kappa shape index (κ3) is 4.11. The smallest absolute Gasteiger partial charge is 0.274 e. The van der Waals surface area contributed by atoms with Crippen LogP contribution in [-0.2, 0) is 11.5 Å². The Balaban J connectivity index is 1.66.